The summed E-state index contributed by atoms with van der Waals surface area (Å²) >= 11 is 0. The van der Waals surface area contributed by atoms with Gasteiger partial charge in [-0.25, -0.2) is 4.79 Å². The molecule has 0 bridgehead atoms. The molecule has 1 N–H and O–H groups in total. The molecule has 0 spiro atoms. The third-order valence-corrected chi connectivity index (χ3v) is 5.77. The number of furan rings is 1. The number of piperidine rings is 1. The van der Waals surface area contributed by atoms with Crippen molar-refractivity contribution in [2.75, 3.05) is 39.8 Å². The fourth-order valence-electron chi connectivity index (χ4n) is 3.94. The predicted octanol–water partition coefficient (Wildman–Crippen LogP) is 4.49. The number of carbonyl (C=O) groups excluding carboxylic acids is 1. The Bertz CT molecular complexity index is 723. The maximum atomic E-state index is 12.8. The van der Waals surface area contributed by atoms with Crippen LogP contribution in [0.3, 0.4) is 0 Å². The molecule has 0 aromatic carbocycles. The van der Waals surface area contributed by atoms with Gasteiger partial charge < -0.3 is 29.0 Å². The van der Waals surface area contributed by atoms with Crippen molar-refractivity contribution >= 4 is 36.0 Å². The molecule has 1 aliphatic heterocycles. The molecule has 1 aromatic rings. The van der Waals surface area contributed by atoms with Crippen molar-refractivity contribution in [1.29, 1.82) is 0 Å². The number of guanidine groups is 1. The molecule has 1 aliphatic carbocycles. The molecule has 9 heteroatoms. The van der Waals surface area contributed by atoms with Crippen molar-refractivity contribution in [3.05, 3.63) is 24.2 Å². The number of hydrogen-bond acceptors (Lipinski definition) is 5. The second-order valence-electron chi connectivity index (χ2n) is 9.75. The standard InChI is InChI=1S/C24H40N4O4.HI/c1-24(2,3)32-23(29)28(17-19-8-9-19)20-10-13-27(14-11-20)22(25-4)26-12-6-15-30-18-21-7-5-16-31-21;/h5,7,16,19-20H,6,8-15,17-18H2,1-4H3,(H,25,26);1H. The lowest BCUT2D eigenvalue weighted by molar-refractivity contribution is 0.00928. The van der Waals surface area contributed by atoms with E-state index in [0.29, 0.717) is 19.1 Å². The highest BCUT2D eigenvalue weighted by molar-refractivity contribution is 14.0. The maximum absolute atomic E-state index is 12.8. The molecule has 1 saturated heterocycles. The molecule has 1 aromatic heterocycles. The van der Waals surface area contributed by atoms with Gasteiger partial charge in [-0.1, -0.05) is 0 Å². The Morgan fingerprint density at radius 1 is 1.27 bits per heavy atom. The Kier molecular flexibility index (Phi) is 11.3. The van der Waals surface area contributed by atoms with Crippen LogP contribution in [0.2, 0.25) is 0 Å². The van der Waals surface area contributed by atoms with Crippen LogP contribution in [0.15, 0.2) is 27.8 Å². The van der Waals surface area contributed by atoms with Gasteiger partial charge in [-0.2, -0.15) is 0 Å². The quantitative estimate of drug-likeness (QED) is 0.202. The average molecular weight is 577 g/mol. The maximum Gasteiger partial charge on any atom is 0.410 e. The number of carbonyl (C=O) groups is 1. The number of nitrogens with zero attached hydrogens (tertiary/aromatic N) is 3. The van der Waals surface area contributed by atoms with E-state index in [9.17, 15) is 4.79 Å². The largest absolute Gasteiger partial charge is 0.467 e. The molecule has 1 saturated carbocycles. The van der Waals surface area contributed by atoms with E-state index in [2.05, 4.69) is 15.2 Å². The Balaban J connectivity index is 0.00000385. The summed E-state index contributed by atoms with van der Waals surface area (Å²) in [5.41, 5.74) is -0.465. The zero-order chi connectivity index (χ0) is 23.0. The van der Waals surface area contributed by atoms with E-state index in [0.717, 1.165) is 57.2 Å². The van der Waals surface area contributed by atoms with Crippen molar-refractivity contribution in [2.45, 2.75) is 71.1 Å². The fraction of sp³-hybridized carbons (Fsp3) is 0.750. The van der Waals surface area contributed by atoms with Gasteiger partial charge in [0.15, 0.2) is 5.96 Å². The summed E-state index contributed by atoms with van der Waals surface area (Å²) in [6.45, 7) is 10.3. The predicted molar refractivity (Wildman–Crippen MR) is 140 cm³/mol. The first kappa shape index (κ1) is 27.8. The Hall–Kier alpha value is -1.49. The van der Waals surface area contributed by atoms with Gasteiger partial charge in [0, 0.05) is 45.9 Å². The highest BCUT2D eigenvalue weighted by atomic mass is 127. The number of aliphatic imine (C=N–C) groups is 1. The summed E-state index contributed by atoms with van der Waals surface area (Å²) in [6, 6.07) is 4.01. The lowest BCUT2D eigenvalue weighted by Gasteiger charge is -2.40. The van der Waals surface area contributed by atoms with Crippen LogP contribution in [0.1, 0.15) is 58.6 Å². The zero-order valence-corrected chi connectivity index (χ0v) is 22.9. The van der Waals surface area contributed by atoms with Gasteiger partial charge in [-0.05, 0) is 70.9 Å². The molecule has 2 heterocycles. The monoisotopic (exact) mass is 576 g/mol. The summed E-state index contributed by atoms with van der Waals surface area (Å²) in [4.78, 5) is 21.6. The summed E-state index contributed by atoms with van der Waals surface area (Å²) in [7, 11) is 1.82. The van der Waals surface area contributed by atoms with Crippen molar-refractivity contribution in [1.82, 2.24) is 15.1 Å². The van der Waals surface area contributed by atoms with Crippen molar-refractivity contribution in [3.8, 4) is 0 Å². The molecule has 8 nitrogen and oxygen atoms in total. The fourth-order valence-corrected chi connectivity index (χ4v) is 3.94. The Morgan fingerprint density at radius 2 is 2.00 bits per heavy atom. The number of ether oxygens (including phenoxy) is 2. The van der Waals surface area contributed by atoms with Gasteiger partial charge in [-0.15, -0.1) is 24.0 Å². The van der Waals surface area contributed by atoms with E-state index in [1.165, 1.54) is 12.8 Å². The number of halogens is 1. The van der Waals surface area contributed by atoms with Crippen molar-refractivity contribution in [3.63, 3.8) is 0 Å². The second-order valence-corrected chi connectivity index (χ2v) is 9.75. The normalized spacial score (nSPS) is 17.5. The second kappa shape index (κ2) is 13.4. The van der Waals surface area contributed by atoms with Crippen LogP contribution in [-0.2, 0) is 16.1 Å². The van der Waals surface area contributed by atoms with E-state index in [1.54, 1.807) is 6.26 Å². The summed E-state index contributed by atoms with van der Waals surface area (Å²) < 4.78 is 16.6. The third-order valence-electron chi connectivity index (χ3n) is 5.77. The molecule has 0 unspecified atom stereocenters. The first-order valence-corrected chi connectivity index (χ1v) is 11.9. The topological polar surface area (TPSA) is 79.5 Å². The molecular formula is C24H41IN4O4. The third kappa shape index (κ3) is 9.72. The minimum atomic E-state index is -0.465. The minimum Gasteiger partial charge on any atom is -0.467 e. The zero-order valence-electron chi connectivity index (χ0n) is 20.5. The van der Waals surface area contributed by atoms with Gasteiger partial charge in [0.25, 0.3) is 0 Å². The van der Waals surface area contributed by atoms with Gasteiger partial charge >= 0.3 is 6.09 Å². The van der Waals surface area contributed by atoms with Crippen LogP contribution in [0.5, 0.6) is 0 Å². The van der Waals surface area contributed by atoms with Gasteiger partial charge in [-0.3, -0.25) is 4.99 Å². The van der Waals surface area contributed by atoms with Crippen LogP contribution in [-0.4, -0.2) is 73.3 Å². The number of hydrogen-bond donors (Lipinski definition) is 1. The van der Waals surface area contributed by atoms with E-state index < -0.39 is 5.60 Å². The van der Waals surface area contributed by atoms with E-state index in [-0.39, 0.29) is 36.1 Å². The molecule has 2 aliphatic rings. The lowest BCUT2D eigenvalue weighted by atomic mass is 10.0. The first-order valence-electron chi connectivity index (χ1n) is 11.9. The van der Waals surface area contributed by atoms with Crippen molar-refractivity contribution in [2.24, 2.45) is 10.9 Å². The van der Waals surface area contributed by atoms with Crippen LogP contribution in [0.25, 0.3) is 0 Å². The van der Waals surface area contributed by atoms with Gasteiger partial charge in [0.05, 0.1) is 6.26 Å². The van der Waals surface area contributed by atoms with Crippen LogP contribution in [0, 0.1) is 5.92 Å². The molecule has 33 heavy (non-hydrogen) atoms. The van der Waals surface area contributed by atoms with Crippen LogP contribution in [0.4, 0.5) is 4.79 Å². The SMILES string of the molecule is CN=C(NCCCOCc1ccco1)N1CCC(N(CC2CC2)C(=O)OC(C)(C)C)CC1.I. The van der Waals surface area contributed by atoms with Crippen LogP contribution >= 0.6 is 24.0 Å². The number of rotatable bonds is 9. The Morgan fingerprint density at radius 3 is 2.58 bits per heavy atom. The summed E-state index contributed by atoms with van der Waals surface area (Å²) in [6.07, 6.45) is 6.69. The summed E-state index contributed by atoms with van der Waals surface area (Å²) in [5.74, 6) is 2.41. The number of amides is 1. The van der Waals surface area contributed by atoms with Crippen molar-refractivity contribution < 1.29 is 18.7 Å². The van der Waals surface area contributed by atoms with E-state index in [1.807, 2.05) is 44.9 Å². The highest BCUT2D eigenvalue weighted by Gasteiger charge is 2.35. The van der Waals surface area contributed by atoms with Gasteiger partial charge in [0.1, 0.15) is 18.0 Å². The number of nitrogens with one attached hydrogen (secondary N) is 1. The minimum absolute atomic E-state index is 0. The van der Waals surface area contributed by atoms with E-state index >= 15 is 0 Å². The van der Waals surface area contributed by atoms with E-state index in [4.69, 9.17) is 13.9 Å². The molecule has 0 radical (unpaired) electrons. The van der Waals surface area contributed by atoms with Gasteiger partial charge in [0.2, 0.25) is 0 Å². The average Bonchev–Trinajstić information content (AvgIpc) is 3.43. The first-order chi connectivity index (χ1) is 15.4. The molecule has 0 atom stereocenters. The molecule has 3 rings (SSSR count). The Labute approximate surface area is 215 Å². The molecule has 2 fully saturated rings. The number of likely N-dealkylation sites (tertiary alicyclic amines) is 1. The lowest BCUT2D eigenvalue weighted by Crippen LogP contribution is -2.52. The molecule has 1 amide bonds. The summed E-state index contributed by atoms with van der Waals surface area (Å²) in [5, 5.41) is 3.44. The highest BCUT2D eigenvalue weighted by Crippen LogP contribution is 2.32. The molecular weight excluding hydrogens is 535 g/mol. The molecule has 188 valence electrons. The smallest absolute Gasteiger partial charge is 0.410 e. The van der Waals surface area contributed by atoms with Crippen LogP contribution < -0.4 is 5.32 Å².